The molecule has 2 heterocycles. The van der Waals surface area contributed by atoms with Crippen LogP contribution in [0, 0.1) is 0 Å². The molecule has 3 rings (SSSR count). The van der Waals surface area contributed by atoms with Crippen LogP contribution in [0.2, 0.25) is 5.02 Å². The molecule has 0 bridgehead atoms. The van der Waals surface area contributed by atoms with E-state index in [9.17, 15) is 18.0 Å². The molecular weight excluding hydrogens is 414 g/mol. The predicted molar refractivity (Wildman–Crippen MR) is 113 cm³/mol. The Balaban J connectivity index is 1.51. The van der Waals surface area contributed by atoms with E-state index < -0.39 is 9.84 Å². The van der Waals surface area contributed by atoms with Gasteiger partial charge in [-0.05, 0) is 25.0 Å². The summed E-state index contributed by atoms with van der Waals surface area (Å²) in [5, 5.41) is 0.593. The predicted octanol–water partition coefficient (Wildman–Crippen LogP) is 1.06. The smallest absolute Gasteiger partial charge is 0.239 e. The molecule has 0 spiro atoms. The highest BCUT2D eigenvalue weighted by molar-refractivity contribution is 7.91. The normalized spacial score (nSPS) is 23.0. The lowest BCUT2D eigenvalue weighted by molar-refractivity contribution is -0.138. The van der Waals surface area contributed by atoms with E-state index in [-0.39, 0.29) is 41.8 Å². The summed E-state index contributed by atoms with van der Waals surface area (Å²) in [4.78, 5) is 30.9. The second kappa shape index (κ2) is 9.02. The van der Waals surface area contributed by atoms with E-state index in [0.29, 0.717) is 37.6 Å². The first-order valence-electron chi connectivity index (χ1n) is 9.90. The third-order valence-electron chi connectivity index (χ3n) is 5.98. The largest absolute Gasteiger partial charge is 0.340 e. The molecule has 1 aromatic rings. The number of amides is 2. The maximum atomic E-state index is 12.8. The Bertz CT molecular complexity index is 868. The first-order chi connectivity index (χ1) is 13.7. The third-order valence-corrected chi connectivity index (χ3v) is 8.09. The number of likely N-dealkylation sites (N-methyl/N-ethyl adjacent to an activating group) is 1. The van der Waals surface area contributed by atoms with Crippen LogP contribution in [0.5, 0.6) is 0 Å². The van der Waals surface area contributed by atoms with Gasteiger partial charge in [-0.2, -0.15) is 0 Å². The van der Waals surface area contributed by atoms with Crippen LogP contribution in [0.15, 0.2) is 24.3 Å². The van der Waals surface area contributed by atoms with Gasteiger partial charge in [-0.25, -0.2) is 8.42 Å². The lowest BCUT2D eigenvalue weighted by Crippen LogP contribution is -2.56. The van der Waals surface area contributed by atoms with E-state index in [1.807, 2.05) is 30.0 Å². The van der Waals surface area contributed by atoms with E-state index in [1.54, 1.807) is 18.0 Å². The molecule has 2 amide bonds. The molecule has 0 radical (unpaired) electrons. The molecule has 0 N–H and O–H groups in total. The fraction of sp³-hybridized carbons (Fsp3) is 0.600. The standard InChI is InChI=1S/C20H28ClN3O4S/c1-15(20(26)22(2)17-7-12-29(27,28)14-17)23-8-10-24(11-9-23)19(25)13-16-5-3-4-6-18(16)21/h3-6,15,17H,7-14H2,1-2H3. The number of rotatable bonds is 5. The van der Waals surface area contributed by atoms with Crippen LogP contribution in [0.1, 0.15) is 18.9 Å². The summed E-state index contributed by atoms with van der Waals surface area (Å²) in [6, 6.07) is 6.76. The Kier molecular flexibility index (Phi) is 6.86. The minimum absolute atomic E-state index is 0.0324. The van der Waals surface area contributed by atoms with Gasteiger partial charge in [0.25, 0.3) is 0 Å². The molecule has 2 unspecified atom stereocenters. The average molecular weight is 442 g/mol. The van der Waals surface area contributed by atoms with E-state index in [1.165, 1.54) is 0 Å². The summed E-state index contributed by atoms with van der Waals surface area (Å²) in [5.74, 6) is 0.162. The van der Waals surface area contributed by atoms with Crippen molar-refractivity contribution in [1.29, 1.82) is 0 Å². The van der Waals surface area contributed by atoms with Gasteiger partial charge in [0.15, 0.2) is 9.84 Å². The lowest BCUT2D eigenvalue weighted by atomic mass is 10.1. The van der Waals surface area contributed by atoms with Gasteiger partial charge in [0.2, 0.25) is 11.8 Å². The van der Waals surface area contributed by atoms with Crippen molar-refractivity contribution in [3.8, 4) is 0 Å². The Morgan fingerprint density at radius 3 is 2.45 bits per heavy atom. The molecule has 2 aliphatic rings. The van der Waals surface area contributed by atoms with E-state index in [2.05, 4.69) is 4.90 Å². The van der Waals surface area contributed by atoms with Crippen LogP contribution in [0.3, 0.4) is 0 Å². The van der Waals surface area contributed by atoms with E-state index >= 15 is 0 Å². The highest BCUT2D eigenvalue weighted by atomic mass is 35.5. The van der Waals surface area contributed by atoms with Crippen molar-refractivity contribution in [3.63, 3.8) is 0 Å². The number of benzene rings is 1. The van der Waals surface area contributed by atoms with Gasteiger partial charge in [-0.15, -0.1) is 0 Å². The zero-order valence-electron chi connectivity index (χ0n) is 16.9. The van der Waals surface area contributed by atoms with Gasteiger partial charge < -0.3 is 9.80 Å². The first-order valence-corrected chi connectivity index (χ1v) is 12.1. The quantitative estimate of drug-likeness (QED) is 0.682. The average Bonchev–Trinajstić information content (AvgIpc) is 3.07. The summed E-state index contributed by atoms with van der Waals surface area (Å²) in [5.41, 5.74) is 0.818. The Labute approximate surface area is 177 Å². The van der Waals surface area contributed by atoms with Crippen molar-refractivity contribution in [3.05, 3.63) is 34.9 Å². The summed E-state index contributed by atoms with van der Waals surface area (Å²) >= 11 is 6.15. The van der Waals surface area contributed by atoms with Gasteiger partial charge in [0, 0.05) is 44.3 Å². The molecule has 7 nitrogen and oxygen atoms in total. The number of nitrogens with zero attached hydrogens (tertiary/aromatic N) is 3. The van der Waals surface area contributed by atoms with Gasteiger partial charge in [-0.3, -0.25) is 14.5 Å². The Morgan fingerprint density at radius 1 is 1.21 bits per heavy atom. The van der Waals surface area contributed by atoms with Crippen LogP contribution in [0.25, 0.3) is 0 Å². The molecule has 0 aliphatic carbocycles. The van der Waals surface area contributed by atoms with Crippen LogP contribution < -0.4 is 0 Å². The third kappa shape index (κ3) is 5.29. The summed E-state index contributed by atoms with van der Waals surface area (Å²) in [6.07, 6.45) is 0.772. The van der Waals surface area contributed by atoms with Crippen molar-refractivity contribution in [2.45, 2.75) is 31.8 Å². The molecule has 160 valence electrons. The second-order valence-corrected chi connectivity index (χ2v) is 10.5. The van der Waals surface area contributed by atoms with Gasteiger partial charge in [-0.1, -0.05) is 29.8 Å². The summed E-state index contributed by atoms with van der Waals surface area (Å²) < 4.78 is 23.4. The summed E-state index contributed by atoms with van der Waals surface area (Å²) in [6.45, 7) is 4.18. The van der Waals surface area contributed by atoms with Gasteiger partial charge in [0.05, 0.1) is 24.0 Å². The molecular formula is C20H28ClN3O4S. The topological polar surface area (TPSA) is 78.0 Å². The van der Waals surface area contributed by atoms with Crippen LogP contribution in [-0.4, -0.2) is 91.7 Å². The zero-order valence-corrected chi connectivity index (χ0v) is 18.5. The van der Waals surface area contributed by atoms with E-state index in [0.717, 1.165) is 5.56 Å². The first kappa shape index (κ1) is 22.1. The molecule has 2 saturated heterocycles. The molecule has 2 atom stereocenters. The van der Waals surface area contributed by atoms with Crippen molar-refractivity contribution in [2.75, 3.05) is 44.7 Å². The maximum Gasteiger partial charge on any atom is 0.239 e. The van der Waals surface area contributed by atoms with Crippen LogP contribution >= 0.6 is 11.6 Å². The molecule has 2 aliphatic heterocycles. The molecule has 1 aromatic carbocycles. The number of halogens is 1. The van der Waals surface area contributed by atoms with Crippen molar-refractivity contribution >= 4 is 33.3 Å². The molecule has 29 heavy (non-hydrogen) atoms. The number of carbonyl (C=O) groups is 2. The number of sulfone groups is 1. The van der Waals surface area contributed by atoms with Crippen LogP contribution in [-0.2, 0) is 25.8 Å². The van der Waals surface area contributed by atoms with Crippen molar-refractivity contribution in [1.82, 2.24) is 14.7 Å². The Hall–Kier alpha value is -1.64. The lowest BCUT2D eigenvalue weighted by Gasteiger charge is -2.39. The maximum absolute atomic E-state index is 12.8. The van der Waals surface area contributed by atoms with Crippen molar-refractivity contribution < 1.29 is 18.0 Å². The van der Waals surface area contributed by atoms with Gasteiger partial charge >= 0.3 is 0 Å². The monoisotopic (exact) mass is 441 g/mol. The van der Waals surface area contributed by atoms with Gasteiger partial charge in [0.1, 0.15) is 0 Å². The van der Waals surface area contributed by atoms with Crippen LogP contribution in [0.4, 0.5) is 0 Å². The number of piperazine rings is 1. The summed E-state index contributed by atoms with van der Waals surface area (Å²) in [7, 11) is -1.34. The highest BCUT2D eigenvalue weighted by Crippen LogP contribution is 2.20. The fourth-order valence-corrected chi connectivity index (χ4v) is 5.96. The second-order valence-electron chi connectivity index (χ2n) is 7.87. The fourth-order valence-electron chi connectivity index (χ4n) is 3.99. The van der Waals surface area contributed by atoms with Crippen molar-refractivity contribution in [2.24, 2.45) is 0 Å². The minimum atomic E-state index is -3.03. The molecule has 9 heteroatoms. The number of carbonyl (C=O) groups excluding carboxylic acids is 2. The molecule has 2 fully saturated rings. The molecule has 0 saturated carbocycles. The minimum Gasteiger partial charge on any atom is -0.340 e. The SMILES string of the molecule is CC(C(=O)N(C)C1CCS(=O)(=O)C1)N1CCN(C(=O)Cc2ccccc2Cl)CC1. The van der Waals surface area contributed by atoms with E-state index in [4.69, 9.17) is 11.6 Å². The number of hydrogen-bond acceptors (Lipinski definition) is 5. The molecule has 0 aromatic heterocycles. The number of hydrogen-bond donors (Lipinski definition) is 0. The highest BCUT2D eigenvalue weighted by Gasteiger charge is 2.36. The Morgan fingerprint density at radius 2 is 1.86 bits per heavy atom. The zero-order chi connectivity index (χ0) is 21.2.